The average Bonchev–Trinajstić information content (AvgIpc) is 2.75. The number of anilines is 1. The van der Waals surface area contributed by atoms with Crippen LogP contribution in [0.5, 0.6) is 0 Å². The third kappa shape index (κ3) is 4.61. The predicted molar refractivity (Wildman–Crippen MR) is 118 cm³/mol. The quantitative estimate of drug-likeness (QED) is 0.519. The normalized spacial score (nSPS) is 11.5. The molecule has 1 heterocycles. The number of hydrogen-bond donors (Lipinski definition) is 2. The van der Waals surface area contributed by atoms with E-state index in [1.807, 2.05) is 6.92 Å². The lowest BCUT2D eigenvalue weighted by molar-refractivity contribution is 0.0952. The van der Waals surface area contributed by atoms with Crippen LogP contribution < -0.4 is 15.1 Å². The molecule has 7 nitrogen and oxygen atoms in total. The lowest BCUT2D eigenvalue weighted by atomic mass is 10.1. The summed E-state index contributed by atoms with van der Waals surface area (Å²) >= 11 is 0. The largest absolute Gasteiger partial charge is 0.360 e. The number of carbonyl (C=O) groups excluding carboxylic acids is 1. The van der Waals surface area contributed by atoms with Gasteiger partial charge in [0.15, 0.2) is 0 Å². The fourth-order valence-electron chi connectivity index (χ4n) is 3.23. The first-order chi connectivity index (χ1) is 14.8. The van der Waals surface area contributed by atoms with Crippen molar-refractivity contribution in [1.29, 1.82) is 0 Å². The molecule has 0 unspecified atom stereocenters. The van der Waals surface area contributed by atoms with E-state index >= 15 is 0 Å². The maximum absolute atomic E-state index is 13.3. The number of nitrogens with one attached hydrogen (secondary N) is 2. The van der Waals surface area contributed by atoms with E-state index in [0.29, 0.717) is 17.7 Å². The Bertz CT molecular complexity index is 1250. The summed E-state index contributed by atoms with van der Waals surface area (Å²) in [5.41, 5.74) is 0.0921. The van der Waals surface area contributed by atoms with Crippen LogP contribution in [0.1, 0.15) is 37.0 Å². The highest BCUT2D eigenvalue weighted by molar-refractivity contribution is 7.92. The van der Waals surface area contributed by atoms with E-state index in [2.05, 4.69) is 10.3 Å². The second kappa shape index (κ2) is 9.30. The molecule has 3 aromatic rings. The summed E-state index contributed by atoms with van der Waals surface area (Å²) < 4.78 is 40.9. The maximum atomic E-state index is 13.3. The van der Waals surface area contributed by atoms with Gasteiger partial charge in [0.1, 0.15) is 11.4 Å². The summed E-state index contributed by atoms with van der Waals surface area (Å²) in [5, 5.41) is 2.78. The Morgan fingerprint density at radius 1 is 1.13 bits per heavy atom. The van der Waals surface area contributed by atoms with Gasteiger partial charge in [0.05, 0.1) is 10.6 Å². The second-order valence-electron chi connectivity index (χ2n) is 6.99. The number of fused-ring (bicyclic) bond motifs is 1. The van der Waals surface area contributed by atoms with Crippen molar-refractivity contribution in [3.63, 3.8) is 0 Å². The maximum Gasteiger partial charge on any atom is 0.264 e. The van der Waals surface area contributed by atoms with Gasteiger partial charge in [0.2, 0.25) is 5.43 Å². The minimum absolute atomic E-state index is 0.0796. The van der Waals surface area contributed by atoms with E-state index in [4.69, 9.17) is 0 Å². The Morgan fingerprint density at radius 2 is 1.84 bits per heavy atom. The van der Waals surface area contributed by atoms with Gasteiger partial charge in [-0.05, 0) is 55.8 Å². The van der Waals surface area contributed by atoms with Gasteiger partial charge in [-0.3, -0.25) is 13.9 Å². The number of aromatic amines is 1. The van der Waals surface area contributed by atoms with Crippen molar-refractivity contribution in [2.75, 3.05) is 17.4 Å². The number of rotatable bonds is 8. The number of nitrogens with zero attached hydrogens (tertiary/aromatic N) is 1. The van der Waals surface area contributed by atoms with Crippen molar-refractivity contribution in [2.45, 2.75) is 31.6 Å². The first kappa shape index (κ1) is 22.5. The molecule has 0 spiro atoms. The summed E-state index contributed by atoms with van der Waals surface area (Å²) in [5.74, 6) is -0.981. The van der Waals surface area contributed by atoms with E-state index in [0.717, 1.165) is 17.1 Å². The number of pyridine rings is 1. The van der Waals surface area contributed by atoms with Crippen LogP contribution >= 0.6 is 0 Å². The van der Waals surface area contributed by atoms with Crippen molar-refractivity contribution in [2.24, 2.45) is 0 Å². The molecule has 0 bridgehead atoms. The van der Waals surface area contributed by atoms with E-state index in [-0.39, 0.29) is 22.4 Å². The van der Waals surface area contributed by atoms with Crippen LogP contribution in [-0.2, 0) is 10.0 Å². The molecule has 0 radical (unpaired) electrons. The molecular formula is C22H24FN3O4S. The van der Waals surface area contributed by atoms with Crippen LogP contribution in [0.4, 0.5) is 10.1 Å². The van der Waals surface area contributed by atoms with E-state index in [9.17, 15) is 22.4 Å². The molecule has 0 saturated carbocycles. The smallest absolute Gasteiger partial charge is 0.264 e. The number of hydrogen-bond acceptors (Lipinski definition) is 4. The topological polar surface area (TPSA) is 99.3 Å². The number of sulfonamides is 1. The van der Waals surface area contributed by atoms with Crippen LogP contribution in [0.25, 0.3) is 10.9 Å². The highest BCUT2D eigenvalue weighted by Gasteiger charge is 2.25. The van der Waals surface area contributed by atoms with Crippen molar-refractivity contribution >= 4 is 32.5 Å². The Hall–Kier alpha value is -3.20. The number of benzene rings is 2. The SMILES string of the molecule is CCCCNC(=O)c1c[nH]c2ccc(S(=O)(=O)N(CC)c3ccc(F)cc3)cc2c1=O. The van der Waals surface area contributed by atoms with Crippen LogP contribution in [-0.4, -0.2) is 32.4 Å². The van der Waals surface area contributed by atoms with Gasteiger partial charge in [-0.25, -0.2) is 12.8 Å². The Morgan fingerprint density at radius 3 is 2.48 bits per heavy atom. The molecule has 164 valence electrons. The molecule has 9 heteroatoms. The summed E-state index contributed by atoms with van der Waals surface area (Å²) in [6.45, 7) is 4.21. The van der Waals surface area contributed by atoms with Crippen LogP contribution in [0.2, 0.25) is 0 Å². The molecular weight excluding hydrogens is 421 g/mol. The zero-order chi connectivity index (χ0) is 22.6. The fourth-order valence-corrected chi connectivity index (χ4v) is 4.73. The summed E-state index contributed by atoms with van der Waals surface area (Å²) in [4.78, 5) is 28.0. The molecule has 0 aliphatic carbocycles. The molecule has 0 aliphatic heterocycles. The first-order valence-corrected chi connectivity index (χ1v) is 11.5. The van der Waals surface area contributed by atoms with Gasteiger partial charge in [-0.2, -0.15) is 0 Å². The molecule has 0 fully saturated rings. The van der Waals surface area contributed by atoms with Gasteiger partial charge >= 0.3 is 0 Å². The van der Waals surface area contributed by atoms with Crippen molar-refractivity contribution in [1.82, 2.24) is 10.3 Å². The lowest BCUT2D eigenvalue weighted by Crippen LogP contribution is -2.31. The van der Waals surface area contributed by atoms with Crippen LogP contribution in [0, 0.1) is 5.82 Å². The van der Waals surface area contributed by atoms with Gasteiger partial charge in [0.25, 0.3) is 15.9 Å². The van der Waals surface area contributed by atoms with Gasteiger partial charge in [-0.1, -0.05) is 13.3 Å². The number of H-pyrrole nitrogens is 1. The fraction of sp³-hybridized carbons (Fsp3) is 0.273. The summed E-state index contributed by atoms with van der Waals surface area (Å²) in [6, 6.07) is 9.26. The van der Waals surface area contributed by atoms with Crippen LogP contribution in [0.3, 0.4) is 0 Å². The van der Waals surface area contributed by atoms with Gasteiger partial charge in [-0.15, -0.1) is 0 Å². The molecule has 0 atom stereocenters. The third-order valence-corrected chi connectivity index (χ3v) is 6.80. The minimum Gasteiger partial charge on any atom is -0.360 e. The van der Waals surface area contributed by atoms with E-state index < -0.39 is 27.2 Å². The second-order valence-corrected chi connectivity index (χ2v) is 8.86. The number of amides is 1. The Kier molecular flexibility index (Phi) is 6.74. The number of halogens is 1. The zero-order valence-electron chi connectivity index (χ0n) is 17.3. The van der Waals surface area contributed by atoms with Crippen molar-refractivity contribution in [3.8, 4) is 0 Å². The molecule has 0 aliphatic rings. The van der Waals surface area contributed by atoms with E-state index in [1.165, 1.54) is 48.7 Å². The Labute approximate surface area is 180 Å². The molecule has 0 saturated heterocycles. The standard InChI is InChI=1S/C22H24FN3O4S/c1-3-5-12-24-22(28)19-14-25-20-11-10-17(13-18(20)21(19)27)31(29,30)26(4-2)16-8-6-15(23)7-9-16/h6-11,13-14H,3-5,12H2,1-2H3,(H,24,28)(H,25,27). The van der Waals surface area contributed by atoms with Crippen molar-refractivity contribution < 1.29 is 17.6 Å². The molecule has 2 aromatic carbocycles. The molecule has 1 aromatic heterocycles. The third-order valence-electron chi connectivity index (χ3n) is 4.90. The highest BCUT2D eigenvalue weighted by atomic mass is 32.2. The molecule has 31 heavy (non-hydrogen) atoms. The molecule has 2 N–H and O–H groups in total. The minimum atomic E-state index is -4.02. The average molecular weight is 446 g/mol. The predicted octanol–water partition coefficient (Wildman–Crippen LogP) is 3.41. The van der Waals surface area contributed by atoms with Gasteiger partial charge < -0.3 is 10.3 Å². The lowest BCUT2D eigenvalue weighted by Gasteiger charge is -2.23. The first-order valence-electron chi connectivity index (χ1n) is 10.0. The zero-order valence-corrected chi connectivity index (χ0v) is 18.1. The number of aromatic nitrogens is 1. The molecule has 1 amide bonds. The number of carbonyl (C=O) groups is 1. The highest BCUT2D eigenvalue weighted by Crippen LogP contribution is 2.25. The van der Waals surface area contributed by atoms with Crippen molar-refractivity contribution in [3.05, 3.63) is 70.3 Å². The van der Waals surface area contributed by atoms with Gasteiger partial charge in [0, 0.05) is 30.2 Å². The van der Waals surface area contributed by atoms with Crippen LogP contribution in [0.15, 0.2) is 58.4 Å². The molecule has 3 rings (SSSR count). The number of unbranched alkanes of at least 4 members (excludes halogenated alkanes) is 1. The van der Waals surface area contributed by atoms with E-state index in [1.54, 1.807) is 6.92 Å². The Balaban J connectivity index is 2.04. The monoisotopic (exact) mass is 445 g/mol. The summed E-state index contributed by atoms with van der Waals surface area (Å²) in [6.07, 6.45) is 3.02. The summed E-state index contributed by atoms with van der Waals surface area (Å²) in [7, 11) is -4.02.